The van der Waals surface area contributed by atoms with E-state index in [9.17, 15) is 9.59 Å². The quantitative estimate of drug-likeness (QED) is 0.556. The molecule has 1 aromatic heterocycles. The van der Waals surface area contributed by atoms with Crippen LogP contribution in [0.2, 0.25) is 0 Å². The lowest BCUT2D eigenvalue weighted by Gasteiger charge is -2.12. The van der Waals surface area contributed by atoms with Gasteiger partial charge in [0.25, 0.3) is 11.5 Å². The summed E-state index contributed by atoms with van der Waals surface area (Å²) >= 11 is 0. The Morgan fingerprint density at radius 2 is 1.70 bits per heavy atom. The van der Waals surface area contributed by atoms with Gasteiger partial charge in [-0.05, 0) is 61.0 Å². The van der Waals surface area contributed by atoms with E-state index in [1.165, 1.54) is 0 Å². The van der Waals surface area contributed by atoms with Crippen LogP contribution in [0.1, 0.15) is 21.7 Å². The summed E-state index contributed by atoms with van der Waals surface area (Å²) in [5, 5.41) is 3.46. The monoisotopic (exact) mass is 399 g/mol. The summed E-state index contributed by atoms with van der Waals surface area (Å²) in [7, 11) is 1.62. The molecule has 0 radical (unpaired) electrons. The third-order valence-corrected chi connectivity index (χ3v) is 4.94. The number of nitrogens with zero attached hydrogens (tertiary/aromatic N) is 2. The van der Waals surface area contributed by atoms with Crippen LogP contribution in [0.5, 0.6) is 5.75 Å². The van der Waals surface area contributed by atoms with Crippen molar-refractivity contribution in [3.63, 3.8) is 0 Å². The van der Waals surface area contributed by atoms with Gasteiger partial charge >= 0.3 is 0 Å². The van der Waals surface area contributed by atoms with Crippen LogP contribution in [0, 0.1) is 6.92 Å². The Morgan fingerprint density at radius 1 is 1.00 bits per heavy atom. The molecule has 30 heavy (non-hydrogen) atoms. The molecule has 0 aliphatic carbocycles. The van der Waals surface area contributed by atoms with Crippen molar-refractivity contribution in [3.8, 4) is 11.4 Å². The first-order valence-electron chi connectivity index (χ1n) is 9.57. The van der Waals surface area contributed by atoms with E-state index in [2.05, 4.69) is 10.3 Å². The van der Waals surface area contributed by atoms with Gasteiger partial charge in [0.2, 0.25) is 0 Å². The number of hydrogen-bond donors (Lipinski definition) is 1. The molecule has 6 heteroatoms. The fraction of sp³-hybridized carbons (Fsp3) is 0.125. The lowest BCUT2D eigenvalue weighted by atomic mass is 10.1. The maximum absolute atomic E-state index is 12.9. The van der Waals surface area contributed by atoms with Crippen molar-refractivity contribution in [2.45, 2.75) is 13.5 Å². The number of aromatic nitrogens is 2. The Hall–Kier alpha value is -3.93. The minimum atomic E-state index is -0.182. The summed E-state index contributed by atoms with van der Waals surface area (Å²) in [6, 6.07) is 21.7. The summed E-state index contributed by atoms with van der Waals surface area (Å²) in [4.78, 5) is 29.9. The van der Waals surface area contributed by atoms with Crippen molar-refractivity contribution < 1.29 is 9.53 Å². The van der Waals surface area contributed by atoms with E-state index in [4.69, 9.17) is 4.74 Å². The molecule has 0 aliphatic heterocycles. The zero-order valence-corrected chi connectivity index (χ0v) is 16.8. The average molecular weight is 399 g/mol. The van der Waals surface area contributed by atoms with Crippen molar-refractivity contribution in [1.82, 2.24) is 14.9 Å². The second kappa shape index (κ2) is 8.21. The van der Waals surface area contributed by atoms with E-state index >= 15 is 0 Å². The van der Waals surface area contributed by atoms with E-state index in [0.29, 0.717) is 34.5 Å². The Morgan fingerprint density at radius 3 is 2.40 bits per heavy atom. The standard InChI is InChI=1S/C24H21N3O3/c1-16-26-22-6-4-3-5-21(22)24(29)27(16)19-11-9-18(10-12-19)23(28)25-15-17-7-13-20(30-2)14-8-17/h3-14H,15H2,1-2H3,(H,25,28). The number of fused-ring (bicyclic) bond motifs is 1. The van der Waals surface area contributed by atoms with Crippen LogP contribution in [0.15, 0.2) is 77.6 Å². The highest BCUT2D eigenvalue weighted by Gasteiger charge is 2.11. The van der Waals surface area contributed by atoms with Gasteiger partial charge in [-0.3, -0.25) is 14.2 Å². The zero-order valence-electron chi connectivity index (χ0n) is 16.8. The van der Waals surface area contributed by atoms with Gasteiger partial charge in [0.05, 0.1) is 23.7 Å². The van der Waals surface area contributed by atoms with E-state index in [0.717, 1.165) is 11.3 Å². The second-order valence-corrected chi connectivity index (χ2v) is 6.89. The van der Waals surface area contributed by atoms with Gasteiger partial charge < -0.3 is 10.1 Å². The molecule has 0 aliphatic rings. The van der Waals surface area contributed by atoms with E-state index in [-0.39, 0.29) is 11.5 Å². The van der Waals surface area contributed by atoms with Gasteiger partial charge in [0.15, 0.2) is 0 Å². The van der Waals surface area contributed by atoms with Crippen molar-refractivity contribution in [2.75, 3.05) is 7.11 Å². The smallest absolute Gasteiger partial charge is 0.265 e. The van der Waals surface area contributed by atoms with Crippen molar-refractivity contribution in [1.29, 1.82) is 0 Å². The number of rotatable bonds is 5. The number of nitrogens with one attached hydrogen (secondary N) is 1. The Kier molecular flexibility index (Phi) is 5.30. The van der Waals surface area contributed by atoms with Gasteiger partial charge in [0.1, 0.15) is 11.6 Å². The van der Waals surface area contributed by atoms with Gasteiger partial charge in [-0.2, -0.15) is 0 Å². The summed E-state index contributed by atoms with van der Waals surface area (Å²) in [6.45, 7) is 2.21. The molecule has 1 heterocycles. The fourth-order valence-corrected chi connectivity index (χ4v) is 3.34. The topological polar surface area (TPSA) is 73.2 Å². The van der Waals surface area contributed by atoms with E-state index in [1.54, 1.807) is 48.9 Å². The fourth-order valence-electron chi connectivity index (χ4n) is 3.34. The number of para-hydroxylation sites is 1. The summed E-state index contributed by atoms with van der Waals surface area (Å²) < 4.78 is 6.69. The van der Waals surface area contributed by atoms with Crippen molar-refractivity contribution >= 4 is 16.8 Å². The number of carbonyl (C=O) groups is 1. The maximum Gasteiger partial charge on any atom is 0.265 e. The first-order chi connectivity index (χ1) is 14.6. The summed E-state index contributed by atoms with van der Waals surface area (Å²) in [5.41, 5.74) is 2.71. The average Bonchev–Trinajstić information content (AvgIpc) is 2.78. The van der Waals surface area contributed by atoms with E-state index < -0.39 is 0 Å². The molecule has 1 N–H and O–H groups in total. The molecule has 4 aromatic rings. The first kappa shape index (κ1) is 19.4. The highest BCUT2D eigenvalue weighted by atomic mass is 16.5. The van der Waals surface area contributed by atoms with Crippen LogP contribution < -0.4 is 15.6 Å². The SMILES string of the molecule is COc1ccc(CNC(=O)c2ccc(-n3c(C)nc4ccccc4c3=O)cc2)cc1. The molecule has 1 amide bonds. The minimum Gasteiger partial charge on any atom is -0.497 e. The predicted molar refractivity (Wildman–Crippen MR) is 116 cm³/mol. The minimum absolute atomic E-state index is 0.130. The van der Waals surface area contributed by atoms with Gasteiger partial charge in [-0.1, -0.05) is 24.3 Å². The molecule has 150 valence electrons. The van der Waals surface area contributed by atoms with Gasteiger partial charge in [-0.15, -0.1) is 0 Å². The van der Waals surface area contributed by atoms with Crippen LogP contribution in [-0.4, -0.2) is 22.6 Å². The van der Waals surface area contributed by atoms with Gasteiger partial charge in [-0.25, -0.2) is 4.98 Å². The lowest BCUT2D eigenvalue weighted by Crippen LogP contribution is -2.24. The number of ether oxygens (including phenoxy) is 1. The third kappa shape index (κ3) is 3.80. The molecule has 0 atom stereocenters. The molecular formula is C24H21N3O3. The number of benzene rings is 3. The molecule has 0 bridgehead atoms. The van der Waals surface area contributed by atoms with Crippen molar-refractivity contribution in [2.24, 2.45) is 0 Å². The predicted octanol–water partition coefficient (Wildman–Crippen LogP) is 3.63. The number of amides is 1. The molecule has 0 saturated carbocycles. The van der Waals surface area contributed by atoms with Crippen LogP contribution in [0.25, 0.3) is 16.6 Å². The van der Waals surface area contributed by atoms with Crippen LogP contribution in [-0.2, 0) is 6.54 Å². The largest absolute Gasteiger partial charge is 0.497 e. The zero-order chi connectivity index (χ0) is 21.1. The molecule has 6 nitrogen and oxygen atoms in total. The van der Waals surface area contributed by atoms with Gasteiger partial charge in [0, 0.05) is 12.1 Å². The summed E-state index contributed by atoms with van der Waals surface area (Å²) in [6.07, 6.45) is 0. The summed E-state index contributed by atoms with van der Waals surface area (Å²) in [5.74, 6) is 1.18. The van der Waals surface area contributed by atoms with Crippen molar-refractivity contribution in [3.05, 3.63) is 100 Å². The number of carbonyl (C=O) groups excluding carboxylic acids is 1. The van der Waals surface area contributed by atoms with Crippen LogP contribution >= 0.6 is 0 Å². The van der Waals surface area contributed by atoms with Crippen LogP contribution in [0.4, 0.5) is 0 Å². The Labute approximate surface area is 173 Å². The molecule has 0 unspecified atom stereocenters. The van der Waals surface area contributed by atoms with Crippen LogP contribution in [0.3, 0.4) is 0 Å². The lowest BCUT2D eigenvalue weighted by molar-refractivity contribution is 0.0951. The van der Waals surface area contributed by atoms with E-state index in [1.807, 2.05) is 42.5 Å². The third-order valence-electron chi connectivity index (χ3n) is 4.94. The molecule has 3 aromatic carbocycles. The number of hydrogen-bond acceptors (Lipinski definition) is 4. The normalized spacial score (nSPS) is 10.7. The number of aryl methyl sites for hydroxylation is 1. The molecule has 0 saturated heterocycles. The molecule has 0 fully saturated rings. The Balaban J connectivity index is 1.53. The number of methoxy groups -OCH3 is 1. The molecule has 0 spiro atoms. The maximum atomic E-state index is 12.9. The highest BCUT2D eigenvalue weighted by Crippen LogP contribution is 2.14. The highest BCUT2D eigenvalue weighted by molar-refractivity contribution is 5.94. The Bertz CT molecular complexity index is 1260. The first-order valence-corrected chi connectivity index (χ1v) is 9.57. The molecule has 4 rings (SSSR count). The molecular weight excluding hydrogens is 378 g/mol. The second-order valence-electron chi connectivity index (χ2n) is 6.89.